The van der Waals surface area contributed by atoms with Gasteiger partial charge in [0.25, 0.3) is 0 Å². The minimum absolute atomic E-state index is 0.194. The Kier molecular flexibility index (Phi) is 8.90. The SMILES string of the molecule is Cc1cccc(CC(=O)Nc2cc(NC(=O)Cc3cccc(C)c3)cc(NC(=O)Cc3cccc(C)c3)c2)c1. The van der Waals surface area contributed by atoms with Gasteiger partial charge >= 0.3 is 0 Å². The Morgan fingerprint density at radius 3 is 1.00 bits per heavy atom. The maximum atomic E-state index is 12.8. The molecule has 0 unspecified atom stereocenters. The van der Waals surface area contributed by atoms with E-state index in [2.05, 4.69) is 16.0 Å². The van der Waals surface area contributed by atoms with E-state index >= 15 is 0 Å². The molecule has 0 bridgehead atoms. The Bertz CT molecular complexity index is 1320. The van der Waals surface area contributed by atoms with E-state index in [-0.39, 0.29) is 37.0 Å². The number of hydrogen-bond acceptors (Lipinski definition) is 3. The van der Waals surface area contributed by atoms with Crippen LogP contribution in [0.25, 0.3) is 0 Å². The van der Waals surface area contributed by atoms with E-state index in [0.29, 0.717) is 17.1 Å². The molecule has 0 aromatic heterocycles. The number of nitrogens with one attached hydrogen (secondary N) is 3. The van der Waals surface area contributed by atoms with Crippen LogP contribution in [0, 0.1) is 20.8 Å². The predicted octanol–water partition coefficient (Wildman–Crippen LogP) is 6.16. The van der Waals surface area contributed by atoms with Crippen molar-refractivity contribution in [3.63, 3.8) is 0 Å². The molecular formula is C33H33N3O3. The highest BCUT2D eigenvalue weighted by Crippen LogP contribution is 2.24. The van der Waals surface area contributed by atoms with Gasteiger partial charge in [-0.3, -0.25) is 14.4 Å². The van der Waals surface area contributed by atoms with Gasteiger partial charge in [0.1, 0.15) is 0 Å². The molecule has 3 amide bonds. The van der Waals surface area contributed by atoms with E-state index in [1.165, 1.54) is 0 Å². The van der Waals surface area contributed by atoms with Crippen LogP contribution >= 0.6 is 0 Å². The number of aryl methyl sites for hydroxylation is 3. The van der Waals surface area contributed by atoms with Crippen molar-refractivity contribution in [2.24, 2.45) is 0 Å². The standard InChI is InChI=1S/C33H33N3O3/c1-22-7-4-10-25(13-22)16-31(37)34-28-19-29(35-32(38)17-26-11-5-8-23(2)14-26)21-30(20-28)36-33(39)18-27-12-6-9-24(3)15-27/h4-15,19-21H,16-18H2,1-3H3,(H,34,37)(H,35,38)(H,36,39). The van der Waals surface area contributed by atoms with E-state index in [0.717, 1.165) is 33.4 Å². The second-order valence-corrected chi connectivity index (χ2v) is 9.94. The molecule has 3 N–H and O–H groups in total. The number of anilines is 3. The zero-order chi connectivity index (χ0) is 27.8. The maximum absolute atomic E-state index is 12.8. The minimum Gasteiger partial charge on any atom is -0.326 e. The normalized spacial score (nSPS) is 10.5. The van der Waals surface area contributed by atoms with Crippen LogP contribution in [0.5, 0.6) is 0 Å². The van der Waals surface area contributed by atoms with Gasteiger partial charge < -0.3 is 16.0 Å². The van der Waals surface area contributed by atoms with Gasteiger partial charge in [0.15, 0.2) is 0 Å². The number of carbonyl (C=O) groups excluding carboxylic acids is 3. The van der Waals surface area contributed by atoms with Gasteiger partial charge in [-0.2, -0.15) is 0 Å². The van der Waals surface area contributed by atoms with E-state index in [4.69, 9.17) is 0 Å². The molecule has 6 nitrogen and oxygen atoms in total. The van der Waals surface area contributed by atoms with E-state index < -0.39 is 0 Å². The maximum Gasteiger partial charge on any atom is 0.228 e. The number of carbonyl (C=O) groups is 3. The molecule has 0 saturated carbocycles. The lowest BCUT2D eigenvalue weighted by Crippen LogP contribution is -2.18. The van der Waals surface area contributed by atoms with Crippen molar-refractivity contribution in [2.75, 3.05) is 16.0 Å². The van der Waals surface area contributed by atoms with Gasteiger partial charge in [-0.15, -0.1) is 0 Å². The second-order valence-electron chi connectivity index (χ2n) is 9.94. The summed E-state index contributed by atoms with van der Waals surface area (Å²) < 4.78 is 0. The van der Waals surface area contributed by atoms with Crippen molar-refractivity contribution in [3.8, 4) is 0 Å². The van der Waals surface area contributed by atoms with Crippen molar-refractivity contribution in [2.45, 2.75) is 40.0 Å². The largest absolute Gasteiger partial charge is 0.326 e. The lowest BCUT2D eigenvalue weighted by molar-refractivity contribution is -0.116. The number of hydrogen-bond donors (Lipinski definition) is 3. The molecule has 0 atom stereocenters. The molecule has 6 heteroatoms. The van der Waals surface area contributed by atoms with Gasteiger partial charge in [-0.25, -0.2) is 0 Å². The van der Waals surface area contributed by atoms with Crippen LogP contribution in [0.2, 0.25) is 0 Å². The quantitative estimate of drug-likeness (QED) is 0.248. The Morgan fingerprint density at radius 1 is 0.462 bits per heavy atom. The first-order chi connectivity index (χ1) is 18.7. The molecule has 0 aliphatic heterocycles. The van der Waals surface area contributed by atoms with Crippen molar-refractivity contribution in [1.29, 1.82) is 0 Å². The van der Waals surface area contributed by atoms with Crippen molar-refractivity contribution in [3.05, 3.63) is 124 Å². The van der Waals surface area contributed by atoms with Gasteiger partial charge in [0.05, 0.1) is 19.3 Å². The third-order valence-electron chi connectivity index (χ3n) is 6.13. The molecule has 4 rings (SSSR count). The summed E-state index contributed by atoms with van der Waals surface area (Å²) in [6.45, 7) is 5.95. The Labute approximate surface area is 229 Å². The smallest absolute Gasteiger partial charge is 0.228 e. The summed E-state index contributed by atoms with van der Waals surface area (Å²) in [6, 6.07) is 28.4. The predicted molar refractivity (Wildman–Crippen MR) is 157 cm³/mol. The molecule has 4 aromatic rings. The third kappa shape index (κ3) is 8.68. The van der Waals surface area contributed by atoms with Gasteiger partial charge in [-0.05, 0) is 55.7 Å². The van der Waals surface area contributed by atoms with Crippen LogP contribution < -0.4 is 16.0 Å². The van der Waals surface area contributed by atoms with Gasteiger partial charge in [-0.1, -0.05) is 89.5 Å². The van der Waals surface area contributed by atoms with Gasteiger partial charge in [0, 0.05) is 17.1 Å². The van der Waals surface area contributed by atoms with Gasteiger partial charge in [0.2, 0.25) is 17.7 Å². The molecule has 0 heterocycles. The summed E-state index contributed by atoms with van der Waals surface area (Å²) in [5.74, 6) is -0.581. The fraction of sp³-hybridized carbons (Fsp3) is 0.182. The lowest BCUT2D eigenvalue weighted by Gasteiger charge is -2.14. The second kappa shape index (κ2) is 12.7. The Hall–Kier alpha value is -4.71. The Balaban J connectivity index is 1.51. The van der Waals surface area contributed by atoms with Crippen LogP contribution in [-0.4, -0.2) is 17.7 Å². The molecule has 198 valence electrons. The van der Waals surface area contributed by atoms with E-state index in [9.17, 15) is 14.4 Å². The first-order valence-corrected chi connectivity index (χ1v) is 12.9. The van der Waals surface area contributed by atoms with Crippen molar-refractivity contribution >= 4 is 34.8 Å². The molecule has 0 aliphatic rings. The Morgan fingerprint density at radius 2 is 0.744 bits per heavy atom. The zero-order valence-electron chi connectivity index (χ0n) is 22.5. The van der Waals surface area contributed by atoms with Crippen LogP contribution in [-0.2, 0) is 33.6 Å². The van der Waals surface area contributed by atoms with Crippen LogP contribution in [0.3, 0.4) is 0 Å². The highest BCUT2D eigenvalue weighted by Gasteiger charge is 2.12. The summed E-state index contributed by atoms with van der Waals surface area (Å²) in [6.07, 6.45) is 0.627. The fourth-order valence-corrected chi connectivity index (χ4v) is 4.48. The first kappa shape index (κ1) is 27.3. The van der Waals surface area contributed by atoms with E-state index in [1.54, 1.807) is 18.2 Å². The zero-order valence-corrected chi connectivity index (χ0v) is 22.5. The molecule has 0 aliphatic carbocycles. The van der Waals surface area contributed by atoms with Crippen molar-refractivity contribution < 1.29 is 14.4 Å². The fourth-order valence-electron chi connectivity index (χ4n) is 4.48. The summed E-state index contributed by atoms with van der Waals surface area (Å²) in [4.78, 5) is 38.5. The molecular weight excluding hydrogens is 486 g/mol. The summed E-state index contributed by atoms with van der Waals surface area (Å²) in [5.41, 5.74) is 7.39. The molecule has 0 radical (unpaired) electrons. The van der Waals surface area contributed by atoms with Crippen molar-refractivity contribution in [1.82, 2.24) is 0 Å². The first-order valence-electron chi connectivity index (χ1n) is 12.9. The topological polar surface area (TPSA) is 87.3 Å². The molecule has 0 fully saturated rings. The van der Waals surface area contributed by atoms with Crippen LogP contribution in [0.1, 0.15) is 33.4 Å². The van der Waals surface area contributed by atoms with Crippen LogP contribution in [0.4, 0.5) is 17.1 Å². The number of rotatable bonds is 9. The van der Waals surface area contributed by atoms with Crippen LogP contribution in [0.15, 0.2) is 91.0 Å². The number of amides is 3. The lowest BCUT2D eigenvalue weighted by atomic mass is 10.1. The average molecular weight is 520 g/mol. The molecule has 39 heavy (non-hydrogen) atoms. The molecule has 0 spiro atoms. The number of benzene rings is 4. The molecule has 4 aromatic carbocycles. The highest BCUT2D eigenvalue weighted by atomic mass is 16.2. The molecule has 0 saturated heterocycles. The monoisotopic (exact) mass is 519 g/mol. The average Bonchev–Trinajstić information content (AvgIpc) is 2.83. The minimum atomic E-state index is -0.194. The highest BCUT2D eigenvalue weighted by molar-refractivity contribution is 5.99. The third-order valence-corrected chi connectivity index (χ3v) is 6.13. The van der Waals surface area contributed by atoms with E-state index in [1.807, 2.05) is 93.6 Å². The summed E-state index contributed by atoms with van der Waals surface area (Å²) in [7, 11) is 0. The summed E-state index contributed by atoms with van der Waals surface area (Å²) in [5, 5.41) is 8.73. The summed E-state index contributed by atoms with van der Waals surface area (Å²) >= 11 is 0.